The highest BCUT2D eigenvalue weighted by Crippen LogP contribution is 2.32. The third-order valence-electron chi connectivity index (χ3n) is 5.26. The molecule has 0 radical (unpaired) electrons. The zero-order valence-electron chi connectivity index (χ0n) is 17.5. The molecule has 0 saturated heterocycles. The van der Waals surface area contributed by atoms with Gasteiger partial charge in [0.05, 0.1) is 12.2 Å². The third-order valence-corrected chi connectivity index (χ3v) is 5.26. The minimum Gasteiger partial charge on any atom is -0.493 e. The number of unbranched alkanes of at least 4 members (excludes halogenated alkanes) is 4. The van der Waals surface area contributed by atoms with Gasteiger partial charge >= 0.3 is 0 Å². The van der Waals surface area contributed by atoms with E-state index in [0.29, 0.717) is 34.6 Å². The quantitative estimate of drug-likeness (QED) is 0.259. The van der Waals surface area contributed by atoms with Crippen LogP contribution in [0.2, 0.25) is 0 Å². The van der Waals surface area contributed by atoms with Gasteiger partial charge in [-0.05, 0) is 48.4 Å². The van der Waals surface area contributed by atoms with Gasteiger partial charge in [-0.1, -0.05) is 50.8 Å². The molecule has 3 nitrogen and oxygen atoms in total. The van der Waals surface area contributed by atoms with Gasteiger partial charge < -0.3 is 9.15 Å². The minimum absolute atomic E-state index is 0.202. The van der Waals surface area contributed by atoms with Crippen LogP contribution in [0.3, 0.4) is 0 Å². The lowest BCUT2D eigenvalue weighted by atomic mass is 10.0. The molecule has 3 aromatic carbocycles. The van der Waals surface area contributed by atoms with Gasteiger partial charge in [0.25, 0.3) is 0 Å². The van der Waals surface area contributed by atoms with Gasteiger partial charge in [-0.15, -0.1) is 0 Å². The van der Waals surface area contributed by atoms with E-state index in [4.69, 9.17) is 9.15 Å². The van der Waals surface area contributed by atoms with Crippen LogP contribution in [0.25, 0.3) is 33.7 Å². The van der Waals surface area contributed by atoms with Crippen molar-refractivity contribution in [1.82, 2.24) is 4.98 Å². The molecule has 4 aromatic rings. The van der Waals surface area contributed by atoms with E-state index in [1.54, 1.807) is 36.4 Å². The molecule has 5 heteroatoms. The number of para-hydroxylation sites is 2. The Morgan fingerprint density at radius 3 is 2.39 bits per heavy atom. The van der Waals surface area contributed by atoms with Crippen LogP contribution in [0.1, 0.15) is 39.0 Å². The van der Waals surface area contributed by atoms with Crippen molar-refractivity contribution in [2.45, 2.75) is 39.0 Å². The van der Waals surface area contributed by atoms with Crippen molar-refractivity contribution < 1.29 is 17.9 Å². The number of nitrogens with zero attached hydrogens (tertiary/aromatic N) is 1. The fourth-order valence-corrected chi connectivity index (χ4v) is 3.56. The summed E-state index contributed by atoms with van der Waals surface area (Å²) in [5.74, 6) is -0.276. The molecule has 0 aliphatic rings. The minimum atomic E-state index is -0.518. The van der Waals surface area contributed by atoms with Crippen LogP contribution in [-0.2, 0) is 0 Å². The molecule has 0 fully saturated rings. The van der Waals surface area contributed by atoms with E-state index in [2.05, 4.69) is 11.9 Å². The number of aromatic nitrogens is 1. The summed E-state index contributed by atoms with van der Waals surface area (Å²) >= 11 is 0. The first kappa shape index (κ1) is 21.0. The van der Waals surface area contributed by atoms with E-state index < -0.39 is 11.6 Å². The maximum Gasteiger partial charge on any atom is 0.230 e. The second-order valence-corrected chi connectivity index (χ2v) is 7.59. The highest BCUT2D eigenvalue weighted by Gasteiger charge is 2.15. The van der Waals surface area contributed by atoms with Crippen molar-refractivity contribution in [1.29, 1.82) is 0 Å². The lowest BCUT2D eigenvalue weighted by Gasteiger charge is -2.09. The Kier molecular flexibility index (Phi) is 6.60. The molecule has 1 heterocycles. The van der Waals surface area contributed by atoms with E-state index in [0.717, 1.165) is 12.8 Å². The first-order valence-corrected chi connectivity index (χ1v) is 10.7. The molecule has 0 N–H and O–H groups in total. The predicted octanol–water partition coefficient (Wildman–Crippen LogP) is 7.79. The number of hydrogen-bond acceptors (Lipinski definition) is 3. The molecule has 160 valence electrons. The smallest absolute Gasteiger partial charge is 0.230 e. The van der Waals surface area contributed by atoms with E-state index in [1.807, 2.05) is 12.1 Å². The lowest BCUT2D eigenvalue weighted by Crippen LogP contribution is -1.98. The molecule has 31 heavy (non-hydrogen) atoms. The Hall–Kier alpha value is -3.21. The molecule has 0 atom stereocenters. The Labute approximate surface area is 180 Å². The van der Waals surface area contributed by atoms with Gasteiger partial charge in [0.1, 0.15) is 22.9 Å². The van der Waals surface area contributed by atoms with Crippen molar-refractivity contribution in [3.63, 3.8) is 0 Å². The van der Waals surface area contributed by atoms with Crippen molar-refractivity contribution >= 4 is 11.1 Å². The second kappa shape index (κ2) is 9.73. The molecule has 0 amide bonds. The number of ether oxygens (including phenoxy) is 1. The standard InChI is InChI=1S/C26H25F2NO2/c1-2-3-4-5-8-15-30-19-12-14-20(23(28)17-19)18-11-13-21(22(27)16-18)26-29-24-9-6-7-10-25(24)31-26/h6-7,9-14,16-17H,2-5,8,15H2,1H3. The maximum absolute atomic E-state index is 14.8. The van der Waals surface area contributed by atoms with Crippen molar-refractivity contribution in [3.8, 4) is 28.3 Å². The highest BCUT2D eigenvalue weighted by molar-refractivity contribution is 5.77. The Bertz CT molecular complexity index is 1140. The molecule has 0 saturated carbocycles. The van der Waals surface area contributed by atoms with Gasteiger partial charge in [-0.3, -0.25) is 0 Å². The Balaban J connectivity index is 1.47. The second-order valence-electron chi connectivity index (χ2n) is 7.59. The fraction of sp³-hybridized carbons (Fsp3) is 0.269. The summed E-state index contributed by atoms with van der Waals surface area (Å²) in [4.78, 5) is 4.33. The Morgan fingerprint density at radius 2 is 1.61 bits per heavy atom. The summed E-state index contributed by atoms with van der Waals surface area (Å²) in [6, 6.07) is 16.5. The van der Waals surface area contributed by atoms with Crippen LogP contribution in [0, 0.1) is 11.6 Å². The third kappa shape index (κ3) is 4.93. The van der Waals surface area contributed by atoms with Gasteiger partial charge in [-0.2, -0.15) is 0 Å². The van der Waals surface area contributed by atoms with Crippen LogP contribution in [0.15, 0.2) is 65.1 Å². The first-order valence-electron chi connectivity index (χ1n) is 10.7. The molecular weight excluding hydrogens is 396 g/mol. The van der Waals surface area contributed by atoms with Crippen LogP contribution in [-0.4, -0.2) is 11.6 Å². The monoisotopic (exact) mass is 421 g/mol. The zero-order valence-corrected chi connectivity index (χ0v) is 17.5. The molecule has 1 aromatic heterocycles. The fourth-order valence-electron chi connectivity index (χ4n) is 3.56. The molecule has 0 spiro atoms. The van der Waals surface area contributed by atoms with Crippen LogP contribution in [0.5, 0.6) is 5.75 Å². The molecule has 0 aliphatic heterocycles. The molecular formula is C26H25F2NO2. The van der Waals surface area contributed by atoms with Crippen molar-refractivity contribution in [2.24, 2.45) is 0 Å². The molecule has 0 aliphatic carbocycles. The summed E-state index contributed by atoms with van der Waals surface area (Å²) in [6.07, 6.45) is 5.68. The number of rotatable bonds is 9. The van der Waals surface area contributed by atoms with Crippen LogP contribution >= 0.6 is 0 Å². The summed E-state index contributed by atoms with van der Waals surface area (Å²) in [5, 5.41) is 0. The van der Waals surface area contributed by atoms with Crippen molar-refractivity contribution in [2.75, 3.05) is 6.61 Å². The number of oxazole rings is 1. The van der Waals surface area contributed by atoms with Gasteiger partial charge in [0.15, 0.2) is 5.58 Å². The van der Waals surface area contributed by atoms with E-state index >= 15 is 0 Å². The van der Waals surface area contributed by atoms with E-state index in [-0.39, 0.29) is 11.5 Å². The van der Waals surface area contributed by atoms with Gasteiger partial charge in [-0.25, -0.2) is 13.8 Å². The number of hydrogen-bond donors (Lipinski definition) is 0. The lowest BCUT2D eigenvalue weighted by molar-refractivity contribution is 0.303. The first-order chi connectivity index (χ1) is 15.2. The topological polar surface area (TPSA) is 35.3 Å². The van der Waals surface area contributed by atoms with Crippen molar-refractivity contribution in [3.05, 3.63) is 72.3 Å². The largest absolute Gasteiger partial charge is 0.493 e. The van der Waals surface area contributed by atoms with E-state index in [1.165, 1.54) is 31.4 Å². The summed E-state index contributed by atoms with van der Waals surface area (Å²) < 4.78 is 40.8. The molecule has 4 rings (SSSR count). The average Bonchev–Trinajstić information content (AvgIpc) is 3.20. The summed E-state index contributed by atoms with van der Waals surface area (Å²) in [7, 11) is 0. The summed E-state index contributed by atoms with van der Waals surface area (Å²) in [5.41, 5.74) is 2.25. The van der Waals surface area contributed by atoms with Gasteiger partial charge in [0, 0.05) is 11.6 Å². The molecule has 0 bridgehead atoms. The SMILES string of the molecule is CCCCCCCOc1ccc(-c2ccc(-c3nc4ccccc4o3)c(F)c2)c(F)c1. The number of halogens is 2. The average molecular weight is 421 g/mol. The highest BCUT2D eigenvalue weighted by atomic mass is 19.1. The van der Waals surface area contributed by atoms with Crippen LogP contribution in [0.4, 0.5) is 8.78 Å². The Morgan fingerprint density at radius 1 is 0.839 bits per heavy atom. The van der Waals surface area contributed by atoms with Crippen LogP contribution < -0.4 is 4.74 Å². The molecule has 0 unspecified atom stereocenters. The van der Waals surface area contributed by atoms with Gasteiger partial charge in [0.2, 0.25) is 5.89 Å². The van der Waals surface area contributed by atoms with E-state index in [9.17, 15) is 8.78 Å². The number of fused-ring (bicyclic) bond motifs is 1. The predicted molar refractivity (Wildman–Crippen MR) is 119 cm³/mol. The zero-order chi connectivity index (χ0) is 21.6. The number of benzene rings is 3. The summed E-state index contributed by atoms with van der Waals surface area (Å²) in [6.45, 7) is 2.74. The maximum atomic E-state index is 14.8. The normalized spacial score (nSPS) is 11.2.